The standard InChI is InChI=1S/C21H21NOSSi/c1-23-18-7-5-6-17(12-18)19-13-20(25(2,3)4)24-21(19)16-10-8-15(14-22)9-11-16/h5-13H,1-4H3. The van der Waals surface area contributed by atoms with Crippen molar-refractivity contribution in [2.75, 3.05) is 7.11 Å². The lowest BCUT2D eigenvalue weighted by Gasteiger charge is -2.12. The average molecular weight is 364 g/mol. The van der Waals surface area contributed by atoms with Crippen LogP contribution in [0.2, 0.25) is 19.6 Å². The third kappa shape index (κ3) is 3.68. The Balaban J connectivity index is 2.18. The van der Waals surface area contributed by atoms with Crippen LogP contribution < -0.4 is 9.24 Å². The van der Waals surface area contributed by atoms with E-state index in [0.717, 1.165) is 11.3 Å². The van der Waals surface area contributed by atoms with Crippen molar-refractivity contribution >= 4 is 23.9 Å². The Kier molecular flexibility index (Phi) is 4.80. The molecule has 0 saturated carbocycles. The molecular formula is C21H21NOSSi. The molecule has 3 rings (SSSR count). The van der Waals surface area contributed by atoms with Gasteiger partial charge in [0.2, 0.25) is 0 Å². The molecule has 4 heteroatoms. The summed E-state index contributed by atoms with van der Waals surface area (Å²) in [5.41, 5.74) is 4.26. The minimum absolute atomic E-state index is 0.689. The van der Waals surface area contributed by atoms with Crippen LogP contribution in [0.5, 0.6) is 5.75 Å². The van der Waals surface area contributed by atoms with Gasteiger partial charge in [0.1, 0.15) is 5.75 Å². The average Bonchev–Trinajstić information content (AvgIpc) is 3.07. The van der Waals surface area contributed by atoms with Crippen LogP contribution in [0.15, 0.2) is 54.6 Å². The molecule has 1 aromatic heterocycles. The first-order valence-electron chi connectivity index (χ1n) is 8.21. The van der Waals surface area contributed by atoms with Crippen LogP contribution >= 0.6 is 11.3 Å². The van der Waals surface area contributed by atoms with E-state index in [-0.39, 0.29) is 0 Å². The van der Waals surface area contributed by atoms with Crippen molar-refractivity contribution in [3.8, 4) is 33.4 Å². The van der Waals surface area contributed by atoms with E-state index < -0.39 is 8.07 Å². The summed E-state index contributed by atoms with van der Waals surface area (Å²) in [6, 6.07) is 20.6. The molecule has 3 aromatic rings. The summed E-state index contributed by atoms with van der Waals surface area (Å²) in [6.07, 6.45) is 0. The SMILES string of the molecule is COc1cccc(-c2cc([Si](C)(C)C)sc2-c2ccc(C#N)cc2)c1. The topological polar surface area (TPSA) is 33.0 Å². The predicted octanol–water partition coefficient (Wildman–Crippen LogP) is 5.51. The maximum Gasteiger partial charge on any atom is 0.119 e. The zero-order valence-corrected chi connectivity index (χ0v) is 16.8. The van der Waals surface area contributed by atoms with Gasteiger partial charge in [-0.15, -0.1) is 11.3 Å². The van der Waals surface area contributed by atoms with Crippen molar-refractivity contribution in [2.45, 2.75) is 19.6 Å². The Labute approximate surface area is 154 Å². The van der Waals surface area contributed by atoms with E-state index in [1.165, 1.54) is 20.5 Å². The first-order valence-corrected chi connectivity index (χ1v) is 12.5. The minimum Gasteiger partial charge on any atom is -0.497 e. The van der Waals surface area contributed by atoms with E-state index in [2.05, 4.69) is 43.9 Å². The van der Waals surface area contributed by atoms with Crippen LogP contribution in [0.1, 0.15) is 5.56 Å². The monoisotopic (exact) mass is 363 g/mol. The Morgan fingerprint density at radius 3 is 2.28 bits per heavy atom. The summed E-state index contributed by atoms with van der Waals surface area (Å²) in [5, 5.41) is 9.04. The second kappa shape index (κ2) is 6.87. The van der Waals surface area contributed by atoms with E-state index in [4.69, 9.17) is 10.00 Å². The highest BCUT2D eigenvalue weighted by molar-refractivity contribution is 7.29. The second-order valence-electron chi connectivity index (χ2n) is 7.02. The quantitative estimate of drug-likeness (QED) is 0.573. The number of nitrogens with zero attached hydrogens (tertiary/aromatic N) is 1. The first-order chi connectivity index (χ1) is 11.9. The number of hydrogen-bond donors (Lipinski definition) is 0. The Bertz CT molecular complexity index is 930. The Morgan fingerprint density at radius 2 is 1.68 bits per heavy atom. The molecule has 1 heterocycles. The molecule has 0 saturated heterocycles. The van der Waals surface area contributed by atoms with Crippen LogP contribution in [-0.4, -0.2) is 15.2 Å². The van der Waals surface area contributed by atoms with E-state index in [1.54, 1.807) is 7.11 Å². The van der Waals surface area contributed by atoms with Gasteiger partial charge in [0.15, 0.2) is 0 Å². The van der Waals surface area contributed by atoms with E-state index in [9.17, 15) is 0 Å². The largest absolute Gasteiger partial charge is 0.497 e. The maximum atomic E-state index is 9.04. The molecule has 0 fully saturated rings. The van der Waals surface area contributed by atoms with Crippen molar-refractivity contribution in [1.82, 2.24) is 0 Å². The van der Waals surface area contributed by atoms with Gasteiger partial charge in [-0.1, -0.05) is 43.9 Å². The third-order valence-corrected chi connectivity index (χ3v) is 8.89. The van der Waals surface area contributed by atoms with Crippen molar-refractivity contribution < 1.29 is 4.74 Å². The van der Waals surface area contributed by atoms with Crippen LogP contribution in [0.3, 0.4) is 0 Å². The lowest BCUT2D eigenvalue weighted by molar-refractivity contribution is 0.415. The number of ether oxygens (including phenoxy) is 1. The molecule has 0 aliphatic heterocycles. The molecule has 2 nitrogen and oxygen atoms in total. The fourth-order valence-corrected chi connectivity index (χ4v) is 5.72. The third-order valence-electron chi connectivity index (χ3n) is 4.13. The molecule has 126 valence electrons. The highest BCUT2D eigenvalue weighted by Gasteiger charge is 2.23. The molecule has 0 aliphatic rings. The Hall–Kier alpha value is -2.35. The van der Waals surface area contributed by atoms with Crippen molar-refractivity contribution in [3.05, 3.63) is 60.2 Å². The van der Waals surface area contributed by atoms with Crippen molar-refractivity contribution in [1.29, 1.82) is 5.26 Å². The molecule has 0 bridgehead atoms. The molecule has 0 radical (unpaired) electrons. The molecular weight excluding hydrogens is 342 g/mol. The van der Waals surface area contributed by atoms with Crippen LogP contribution in [0.25, 0.3) is 21.6 Å². The van der Waals surface area contributed by atoms with Gasteiger partial charge in [0.05, 0.1) is 26.8 Å². The highest BCUT2D eigenvalue weighted by Crippen LogP contribution is 2.38. The van der Waals surface area contributed by atoms with Gasteiger partial charge >= 0.3 is 0 Å². The summed E-state index contributed by atoms with van der Waals surface area (Å²) < 4.78 is 6.88. The van der Waals surface area contributed by atoms with Gasteiger partial charge in [-0.25, -0.2) is 0 Å². The lowest BCUT2D eigenvalue weighted by atomic mass is 10.0. The van der Waals surface area contributed by atoms with Gasteiger partial charge in [0, 0.05) is 10.4 Å². The molecule has 25 heavy (non-hydrogen) atoms. The number of methoxy groups -OCH3 is 1. The number of nitriles is 1. The Morgan fingerprint density at radius 1 is 0.960 bits per heavy atom. The first kappa shape index (κ1) is 17.5. The van der Waals surface area contributed by atoms with Crippen LogP contribution in [0, 0.1) is 11.3 Å². The number of thiophene rings is 1. The van der Waals surface area contributed by atoms with Crippen LogP contribution in [-0.2, 0) is 0 Å². The summed E-state index contributed by atoms with van der Waals surface area (Å²) >= 11 is 1.88. The highest BCUT2D eigenvalue weighted by atomic mass is 32.1. The predicted molar refractivity (Wildman–Crippen MR) is 109 cm³/mol. The van der Waals surface area contributed by atoms with Gasteiger partial charge in [-0.3, -0.25) is 0 Å². The maximum absolute atomic E-state index is 9.04. The molecule has 0 atom stereocenters. The normalized spacial score (nSPS) is 11.2. The number of hydrogen-bond acceptors (Lipinski definition) is 3. The van der Waals surface area contributed by atoms with Crippen molar-refractivity contribution in [3.63, 3.8) is 0 Å². The molecule has 0 unspecified atom stereocenters. The number of benzene rings is 2. The van der Waals surface area contributed by atoms with E-state index >= 15 is 0 Å². The molecule has 0 aliphatic carbocycles. The molecule has 0 spiro atoms. The van der Waals surface area contributed by atoms with Crippen LogP contribution in [0.4, 0.5) is 0 Å². The fourth-order valence-electron chi connectivity index (χ4n) is 2.68. The molecule has 0 N–H and O–H groups in total. The minimum atomic E-state index is -1.41. The van der Waals surface area contributed by atoms with Crippen molar-refractivity contribution in [2.24, 2.45) is 0 Å². The summed E-state index contributed by atoms with van der Waals surface area (Å²) in [7, 11) is 0.282. The summed E-state index contributed by atoms with van der Waals surface area (Å²) in [5.74, 6) is 0.865. The van der Waals surface area contributed by atoms with E-state index in [1.807, 2.05) is 47.7 Å². The molecule has 2 aromatic carbocycles. The van der Waals surface area contributed by atoms with E-state index in [0.29, 0.717) is 5.56 Å². The van der Waals surface area contributed by atoms with Gasteiger partial charge < -0.3 is 4.74 Å². The fraction of sp³-hybridized carbons (Fsp3) is 0.190. The summed E-state index contributed by atoms with van der Waals surface area (Å²) in [6.45, 7) is 7.12. The van der Waals surface area contributed by atoms with Gasteiger partial charge in [0.25, 0.3) is 0 Å². The summed E-state index contributed by atoms with van der Waals surface area (Å²) in [4.78, 5) is 1.26. The van der Waals surface area contributed by atoms with Gasteiger partial charge in [-0.2, -0.15) is 5.26 Å². The second-order valence-corrected chi connectivity index (χ2v) is 13.5. The zero-order chi connectivity index (χ0) is 18.0. The number of rotatable bonds is 4. The smallest absolute Gasteiger partial charge is 0.119 e. The lowest BCUT2D eigenvalue weighted by Crippen LogP contribution is -2.34. The van der Waals surface area contributed by atoms with Gasteiger partial charge in [-0.05, 0) is 46.0 Å². The zero-order valence-electron chi connectivity index (χ0n) is 15.0. The molecule has 0 amide bonds.